The largest absolute Gasteiger partial charge is 0.365 e. The van der Waals surface area contributed by atoms with E-state index >= 15 is 0 Å². The van der Waals surface area contributed by atoms with Gasteiger partial charge in [0.05, 0.1) is 23.8 Å². The summed E-state index contributed by atoms with van der Waals surface area (Å²) in [5, 5.41) is 13.1. The van der Waals surface area contributed by atoms with Crippen molar-refractivity contribution in [1.29, 1.82) is 0 Å². The molecule has 0 radical (unpaired) electrons. The molecule has 0 saturated heterocycles. The molecular weight excluding hydrogens is 266 g/mol. The van der Waals surface area contributed by atoms with E-state index in [4.69, 9.17) is 0 Å². The molecule has 0 aliphatic heterocycles. The SMILES string of the molecule is Cc1cc(C)n(C[C@H](C)Nc2ncnc3c2cnn3C)n1. The molecule has 7 heteroatoms. The van der Waals surface area contributed by atoms with E-state index in [1.807, 2.05) is 18.7 Å². The van der Waals surface area contributed by atoms with Gasteiger partial charge in [0, 0.05) is 18.8 Å². The first-order valence-electron chi connectivity index (χ1n) is 6.95. The minimum absolute atomic E-state index is 0.196. The topological polar surface area (TPSA) is 73.5 Å². The number of nitrogens with zero attached hydrogens (tertiary/aromatic N) is 6. The van der Waals surface area contributed by atoms with Gasteiger partial charge in [0.25, 0.3) is 0 Å². The van der Waals surface area contributed by atoms with Crippen LogP contribution in [0.15, 0.2) is 18.6 Å². The molecule has 0 aliphatic carbocycles. The van der Waals surface area contributed by atoms with Crippen molar-refractivity contribution in [3.05, 3.63) is 30.0 Å². The average molecular weight is 285 g/mol. The summed E-state index contributed by atoms with van der Waals surface area (Å²) < 4.78 is 3.75. The minimum Gasteiger partial charge on any atom is -0.365 e. The van der Waals surface area contributed by atoms with Gasteiger partial charge in [-0.1, -0.05) is 0 Å². The summed E-state index contributed by atoms with van der Waals surface area (Å²) in [4.78, 5) is 8.57. The van der Waals surface area contributed by atoms with Crippen LogP contribution < -0.4 is 5.32 Å². The molecule has 1 atom stereocenters. The summed E-state index contributed by atoms with van der Waals surface area (Å²) in [6.45, 7) is 6.97. The second-order valence-electron chi connectivity index (χ2n) is 5.38. The van der Waals surface area contributed by atoms with Gasteiger partial charge in [0.15, 0.2) is 5.65 Å². The van der Waals surface area contributed by atoms with Crippen LogP contribution in [-0.2, 0) is 13.6 Å². The number of nitrogens with one attached hydrogen (secondary N) is 1. The summed E-state index contributed by atoms with van der Waals surface area (Å²) >= 11 is 0. The molecule has 3 rings (SSSR count). The lowest BCUT2D eigenvalue weighted by Gasteiger charge is -2.16. The number of rotatable bonds is 4. The van der Waals surface area contributed by atoms with E-state index in [1.165, 1.54) is 0 Å². The van der Waals surface area contributed by atoms with Crippen LogP contribution in [0.4, 0.5) is 5.82 Å². The third-order valence-electron chi connectivity index (χ3n) is 3.46. The molecule has 0 unspecified atom stereocenters. The molecule has 0 fully saturated rings. The summed E-state index contributed by atoms with van der Waals surface area (Å²) in [7, 11) is 1.87. The molecular formula is C14H19N7. The molecule has 0 saturated carbocycles. The zero-order valence-electron chi connectivity index (χ0n) is 12.7. The molecule has 0 aliphatic rings. The van der Waals surface area contributed by atoms with Crippen LogP contribution in [0.2, 0.25) is 0 Å². The number of hydrogen-bond donors (Lipinski definition) is 1. The van der Waals surface area contributed by atoms with Gasteiger partial charge in [-0.15, -0.1) is 0 Å². The van der Waals surface area contributed by atoms with Crippen LogP contribution >= 0.6 is 0 Å². The van der Waals surface area contributed by atoms with Crippen LogP contribution in [0, 0.1) is 13.8 Å². The summed E-state index contributed by atoms with van der Waals surface area (Å²) in [5.74, 6) is 0.808. The van der Waals surface area contributed by atoms with Crippen molar-refractivity contribution in [2.75, 3.05) is 5.32 Å². The van der Waals surface area contributed by atoms with Crippen molar-refractivity contribution in [3.63, 3.8) is 0 Å². The molecule has 0 bridgehead atoms. The number of fused-ring (bicyclic) bond motifs is 1. The van der Waals surface area contributed by atoms with Gasteiger partial charge < -0.3 is 5.32 Å². The summed E-state index contributed by atoms with van der Waals surface area (Å²) in [6.07, 6.45) is 3.34. The van der Waals surface area contributed by atoms with Crippen LogP contribution in [0.1, 0.15) is 18.3 Å². The van der Waals surface area contributed by atoms with Gasteiger partial charge in [0.1, 0.15) is 12.1 Å². The second kappa shape index (κ2) is 5.16. The fourth-order valence-corrected chi connectivity index (χ4v) is 2.48. The Kier molecular flexibility index (Phi) is 3.32. The highest BCUT2D eigenvalue weighted by atomic mass is 15.3. The van der Waals surface area contributed by atoms with Gasteiger partial charge in [-0.2, -0.15) is 10.2 Å². The van der Waals surface area contributed by atoms with Crippen molar-refractivity contribution < 1.29 is 0 Å². The fourth-order valence-electron chi connectivity index (χ4n) is 2.48. The Hall–Kier alpha value is -2.44. The van der Waals surface area contributed by atoms with E-state index in [2.05, 4.69) is 45.4 Å². The molecule has 0 amide bonds. The second-order valence-corrected chi connectivity index (χ2v) is 5.38. The molecule has 3 aromatic heterocycles. The van der Waals surface area contributed by atoms with Crippen LogP contribution in [0.3, 0.4) is 0 Å². The lowest BCUT2D eigenvalue weighted by molar-refractivity contribution is 0.545. The van der Waals surface area contributed by atoms with E-state index in [0.29, 0.717) is 0 Å². The van der Waals surface area contributed by atoms with Crippen LogP contribution in [0.25, 0.3) is 11.0 Å². The van der Waals surface area contributed by atoms with Crippen molar-refractivity contribution in [2.24, 2.45) is 7.05 Å². The number of hydrogen-bond acceptors (Lipinski definition) is 5. The van der Waals surface area contributed by atoms with Gasteiger partial charge in [-0.3, -0.25) is 9.36 Å². The Morgan fingerprint density at radius 1 is 1.29 bits per heavy atom. The third kappa shape index (κ3) is 2.58. The monoisotopic (exact) mass is 285 g/mol. The first-order valence-corrected chi connectivity index (χ1v) is 6.95. The number of aryl methyl sites for hydroxylation is 3. The molecule has 0 spiro atoms. The van der Waals surface area contributed by atoms with Crippen molar-refractivity contribution in [3.8, 4) is 0 Å². The van der Waals surface area contributed by atoms with E-state index in [1.54, 1.807) is 17.2 Å². The molecule has 3 heterocycles. The third-order valence-corrected chi connectivity index (χ3v) is 3.46. The van der Waals surface area contributed by atoms with Gasteiger partial charge in [-0.05, 0) is 26.8 Å². The average Bonchev–Trinajstić information content (AvgIpc) is 2.94. The van der Waals surface area contributed by atoms with Gasteiger partial charge >= 0.3 is 0 Å². The first kappa shape index (κ1) is 13.5. The van der Waals surface area contributed by atoms with Gasteiger partial charge in [-0.25, -0.2) is 9.97 Å². The van der Waals surface area contributed by atoms with Crippen molar-refractivity contribution >= 4 is 16.9 Å². The molecule has 0 aromatic carbocycles. The maximum absolute atomic E-state index is 4.49. The normalized spacial score (nSPS) is 12.8. The lowest BCUT2D eigenvalue weighted by Crippen LogP contribution is -2.24. The molecule has 110 valence electrons. The predicted octanol–water partition coefficient (Wildman–Crippen LogP) is 1.68. The standard InChI is InChI=1S/C14H19N7/c1-9-5-11(3)21(19-9)7-10(2)18-13-12-6-17-20(4)14(12)16-8-15-13/h5-6,8,10H,7H2,1-4H3,(H,15,16,18)/t10-/m0/s1. The predicted molar refractivity (Wildman–Crippen MR) is 81.1 cm³/mol. The van der Waals surface area contributed by atoms with Crippen molar-refractivity contribution in [1.82, 2.24) is 29.5 Å². The highest BCUT2D eigenvalue weighted by Gasteiger charge is 2.12. The van der Waals surface area contributed by atoms with Crippen LogP contribution in [-0.4, -0.2) is 35.6 Å². The number of anilines is 1. The zero-order chi connectivity index (χ0) is 15.0. The van der Waals surface area contributed by atoms with E-state index in [-0.39, 0.29) is 6.04 Å². The van der Waals surface area contributed by atoms with Gasteiger partial charge in [0.2, 0.25) is 0 Å². The Labute approximate surface area is 123 Å². The van der Waals surface area contributed by atoms with E-state index < -0.39 is 0 Å². The van der Waals surface area contributed by atoms with Crippen molar-refractivity contribution in [2.45, 2.75) is 33.4 Å². The lowest BCUT2D eigenvalue weighted by atomic mass is 10.3. The van der Waals surface area contributed by atoms with Crippen LogP contribution in [0.5, 0.6) is 0 Å². The Bertz CT molecular complexity index is 771. The maximum atomic E-state index is 4.49. The Morgan fingerprint density at radius 2 is 2.10 bits per heavy atom. The summed E-state index contributed by atoms with van der Waals surface area (Å²) in [5.41, 5.74) is 3.03. The van der Waals surface area contributed by atoms with E-state index in [0.717, 1.165) is 34.8 Å². The fraction of sp³-hybridized carbons (Fsp3) is 0.429. The quantitative estimate of drug-likeness (QED) is 0.789. The van der Waals surface area contributed by atoms with E-state index in [9.17, 15) is 0 Å². The zero-order valence-corrected chi connectivity index (χ0v) is 12.7. The first-order chi connectivity index (χ1) is 10.0. The molecule has 21 heavy (non-hydrogen) atoms. The smallest absolute Gasteiger partial charge is 0.163 e. The highest BCUT2D eigenvalue weighted by Crippen LogP contribution is 2.18. The highest BCUT2D eigenvalue weighted by molar-refractivity contribution is 5.86. The Balaban J connectivity index is 1.80. The maximum Gasteiger partial charge on any atom is 0.163 e. The Morgan fingerprint density at radius 3 is 2.81 bits per heavy atom. The number of aromatic nitrogens is 6. The minimum atomic E-state index is 0.196. The molecule has 7 nitrogen and oxygen atoms in total. The molecule has 3 aromatic rings. The summed E-state index contributed by atoms with van der Waals surface area (Å²) in [6, 6.07) is 2.28. The molecule has 1 N–H and O–H groups in total.